The summed E-state index contributed by atoms with van der Waals surface area (Å²) in [6.45, 7) is 0.621. The number of ether oxygens (including phenoxy) is 2. The van der Waals surface area contributed by atoms with Crippen LogP contribution in [-0.4, -0.2) is 119 Å². The molecular formula is C21H33N4O15P. The number of nitrogen functional groups attached to an aromatic ring is 1. The van der Waals surface area contributed by atoms with Crippen molar-refractivity contribution >= 4 is 25.5 Å². The molecule has 0 spiro atoms. The van der Waals surface area contributed by atoms with Gasteiger partial charge in [-0.1, -0.05) is 6.92 Å². The zero-order valence-electron chi connectivity index (χ0n) is 21.8. The Labute approximate surface area is 231 Å². The Bertz CT molecular complexity index is 1220. The van der Waals surface area contributed by atoms with Crippen LogP contribution in [0.25, 0.3) is 0 Å². The van der Waals surface area contributed by atoms with Crippen LogP contribution in [0.4, 0.5) is 5.82 Å². The number of aliphatic hydroxyl groups is 5. The minimum atomic E-state index is -5.40. The average Bonchev–Trinajstić information content (AvgIpc) is 3.16. The first-order valence-electron chi connectivity index (χ1n) is 12.2. The number of aliphatic carboxylic acids is 1. The third-order valence-corrected chi connectivity index (χ3v) is 7.63. The third-order valence-electron chi connectivity index (χ3n) is 6.63. The Morgan fingerprint density at radius 2 is 2.00 bits per heavy atom. The Hall–Kier alpha value is -2.55. The van der Waals surface area contributed by atoms with Crippen LogP contribution in [0.2, 0.25) is 0 Å². The van der Waals surface area contributed by atoms with Crippen LogP contribution in [0.3, 0.4) is 0 Å². The summed E-state index contributed by atoms with van der Waals surface area (Å²) in [7, 11) is -5.40. The number of aromatic nitrogens is 2. The zero-order valence-corrected chi connectivity index (χ0v) is 22.7. The fourth-order valence-corrected chi connectivity index (χ4v) is 5.57. The van der Waals surface area contributed by atoms with E-state index in [2.05, 4.69) is 10.3 Å². The molecule has 0 aromatic carbocycles. The molecule has 1 aromatic heterocycles. The van der Waals surface area contributed by atoms with E-state index >= 15 is 0 Å². The molecule has 3 rings (SSSR count). The van der Waals surface area contributed by atoms with Gasteiger partial charge in [0.05, 0.1) is 19.3 Å². The molecule has 0 radical (unpaired) electrons. The number of hydrogen-bond donors (Lipinski definition) is 9. The van der Waals surface area contributed by atoms with Crippen LogP contribution in [0.5, 0.6) is 0 Å². The van der Waals surface area contributed by atoms with Crippen molar-refractivity contribution in [2.75, 3.05) is 18.9 Å². The van der Waals surface area contributed by atoms with E-state index < -0.39 is 106 Å². The second-order valence-corrected chi connectivity index (χ2v) is 11.1. The molecule has 20 heteroatoms. The molecule has 0 saturated carbocycles. The van der Waals surface area contributed by atoms with Gasteiger partial charge in [0.25, 0.3) is 5.79 Å². The van der Waals surface area contributed by atoms with Gasteiger partial charge in [0, 0.05) is 19.5 Å². The summed E-state index contributed by atoms with van der Waals surface area (Å²) in [5, 5.41) is 62.8. The van der Waals surface area contributed by atoms with E-state index in [0.29, 0.717) is 0 Å². The average molecular weight is 612 g/mol. The van der Waals surface area contributed by atoms with E-state index in [0.717, 1.165) is 17.7 Å². The molecule has 2 fully saturated rings. The molecule has 41 heavy (non-hydrogen) atoms. The van der Waals surface area contributed by atoms with Crippen molar-refractivity contribution in [3.63, 3.8) is 0 Å². The maximum atomic E-state index is 12.9. The van der Waals surface area contributed by atoms with Crippen molar-refractivity contribution in [3.8, 4) is 0 Å². The van der Waals surface area contributed by atoms with E-state index in [1.54, 1.807) is 0 Å². The summed E-state index contributed by atoms with van der Waals surface area (Å²) in [5.41, 5.74) is 4.50. The minimum absolute atomic E-state index is 0.117. The number of hydrogen-bond acceptors (Lipinski definition) is 15. The molecule has 2 aliphatic rings. The van der Waals surface area contributed by atoms with Crippen molar-refractivity contribution in [3.05, 3.63) is 22.7 Å². The van der Waals surface area contributed by atoms with Gasteiger partial charge in [0.2, 0.25) is 5.91 Å². The number of phosphoric ester groups is 1. The van der Waals surface area contributed by atoms with Crippen LogP contribution < -0.4 is 16.7 Å². The number of rotatable bonds is 11. The first kappa shape index (κ1) is 33.0. The predicted octanol–water partition coefficient (Wildman–Crippen LogP) is -4.00. The Balaban J connectivity index is 1.79. The standard InChI is InChI=1S/C21H33N4O15P/c1-8-5-21(19(32)33,39-17(13(8)23-9(2)27)14(29)10(28)6-26)40-41(35,36)37-7-11-15(30)16(31)18(38-11)25-4-3-12(22)24-20(25)34/h3-4,8,10-11,13-18,26,28-31H,5-7H2,1-2H3,(H,23,27)(H,32,33)(H,35,36)(H2,22,24,34)/t8?,10-,11?,13?,14-,15?,16?,17?,18?,21?/m1/s1. The second kappa shape index (κ2) is 12.8. The summed E-state index contributed by atoms with van der Waals surface area (Å²) in [6, 6.07) is 0.102. The molecule has 3 heterocycles. The summed E-state index contributed by atoms with van der Waals surface area (Å²) < 4.78 is 34.3. The van der Waals surface area contributed by atoms with Crippen molar-refractivity contribution in [2.45, 2.75) is 74.9 Å². The van der Waals surface area contributed by atoms with E-state index in [9.17, 15) is 54.5 Å². The second-order valence-electron chi connectivity index (χ2n) is 9.73. The first-order valence-corrected chi connectivity index (χ1v) is 13.7. The summed E-state index contributed by atoms with van der Waals surface area (Å²) in [5.74, 6) is -6.51. The van der Waals surface area contributed by atoms with Crippen LogP contribution in [0.1, 0.15) is 26.5 Å². The molecule has 232 valence electrons. The van der Waals surface area contributed by atoms with Crippen molar-refractivity contribution in [2.24, 2.45) is 5.92 Å². The van der Waals surface area contributed by atoms with Gasteiger partial charge in [0.1, 0.15) is 42.4 Å². The molecule has 2 aliphatic heterocycles. The molecule has 19 nitrogen and oxygen atoms in total. The number of carboxylic acids is 1. The molecule has 1 amide bonds. The minimum Gasteiger partial charge on any atom is -0.477 e. The Morgan fingerprint density at radius 3 is 2.56 bits per heavy atom. The number of amides is 1. The molecular weight excluding hydrogens is 579 g/mol. The van der Waals surface area contributed by atoms with Gasteiger partial charge in [-0.05, 0) is 12.0 Å². The van der Waals surface area contributed by atoms with Crippen LogP contribution in [-0.2, 0) is 32.7 Å². The lowest BCUT2D eigenvalue weighted by Gasteiger charge is -2.47. The first-order chi connectivity index (χ1) is 19.0. The summed E-state index contributed by atoms with van der Waals surface area (Å²) in [6.07, 6.45) is -11.6. The van der Waals surface area contributed by atoms with Gasteiger partial charge in [-0.3, -0.25) is 13.9 Å². The molecule has 9 unspecified atom stereocenters. The smallest absolute Gasteiger partial charge is 0.475 e. The van der Waals surface area contributed by atoms with Gasteiger partial charge in [-0.25, -0.2) is 18.7 Å². The highest BCUT2D eigenvalue weighted by Crippen LogP contribution is 2.52. The van der Waals surface area contributed by atoms with E-state index in [-0.39, 0.29) is 5.82 Å². The Kier molecular flexibility index (Phi) is 10.3. The van der Waals surface area contributed by atoms with Crippen molar-refractivity contribution in [1.29, 1.82) is 0 Å². The quantitative estimate of drug-likeness (QED) is 0.108. The van der Waals surface area contributed by atoms with Gasteiger partial charge in [-0.15, -0.1) is 0 Å². The molecule has 1 aromatic rings. The number of nitrogens with zero attached hydrogens (tertiary/aromatic N) is 2. The number of nitrogens with two attached hydrogens (primary N) is 1. The number of anilines is 1. The van der Waals surface area contributed by atoms with Crippen LogP contribution in [0, 0.1) is 5.92 Å². The molecule has 0 bridgehead atoms. The largest absolute Gasteiger partial charge is 0.477 e. The van der Waals surface area contributed by atoms with E-state index in [4.69, 9.17) is 24.3 Å². The summed E-state index contributed by atoms with van der Waals surface area (Å²) >= 11 is 0. The number of carbonyl (C=O) groups excluding carboxylic acids is 1. The van der Waals surface area contributed by atoms with Gasteiger partial charge < -0.3 is 56.1 Å². The molecule has 11 atom stereocenters. The monoisotopic (exact) mass is 612 g/mol. The normalized spacial score (nSPS) is 34.9. The highest BCUT2D eigenvalue weighted by Gasteiger charge is 2.58. The van der Waals surface area contributed by atoms with Crippen LogP contribution >= 0.6 is 7.82 Å². The topological polar surface area (TPSA) is 303 Å². The predicted molar refractivity (Wildman–Crippen MR) is 131 cm³/mol. The Morgan fingerprint density at radius 1 is 1.34 bits per heavy atom. The van der Waals surface area contributed by atoms with E-state index in [1.807, 2.05) is 0 Å². The fraction of sp³-hybridized carbons (Fsp3) is 0.714. The third kappa shape index (κ3) is 7.27. The number of carbonyl (C=O) groups is 2. The lowest BCUT2D eigenvalue weighted by Crippen LogP contribution is -2.65. The van der Waals surface area contributed by atoms with Gasteiger partial charge in [-0.2, -0.15) is 4.98 Å². The zero-order chi connectivity index (χ0) is 30.9. The van der Waals surface area contributed by atoms with Gasteiger partial charge in [0.15, 0.2) is 6.23 Å². The molecule has 0 aliphatic carbocycles. The van der Waals surface area contributed by atoms with Crippen molar-refractivity contribution in [1.82, 2.24) is 14.9 Å². The molecule has 2 saturated heterocycles. The highest BCUT2D eigenvalue weighted by atomic mass is 31.2. The SMILES string of the molecule is CC(=O)NC1C(C)CC(OP(=O)(O)OCC2OC(n3ccc(N)nc3=O)C(O)C2O)(C(=O)O)OC1[C@H](O)[C@H](O)CO. The molecule has 10 N–H and O–H groups in total. The number of nitrogens with one attached hydrogen (secondary N) is 1. The van der Waals surface area contributed by atoms with Crippen molar-refractivity contribution < 1.29 is 68.2 Å². The fourth-order valence-electron chi connectivity index (χ4n) is 4.62. The highest BCUT2D eigenvalue weighted by molar-refractivity contribution is 7.47. The maximum absolute atomic E-state index is 12.9. The van der Waals surface area contributed by atoms with E-state index in [1.165, 1.54) is 13.0 Å². The number of aliphatic hydroxyl groups excluding tert-OH is 5. The lowest BCUT2D eigenvalue weighted by molar-refractivity contribution is -0.282. The van der Waals surface area contributed by atoms with Crippen LogP contribution in [0.15, 0.2) is 17.1 Å². The number of carboxylic acid groups (broad SMARTS) is 1. The van der Waals surface area contributed by atoms with Gasteiger partial charge >= 0.3 is 19.5 Å². The lowest BCUT2D eigenvalue weighted by atomic mass is 9.83. The summed E-state index contributed by atoms with van der Waals surface area (Å²) in [4.78, 5) is 50.0. The maximum Gasteiger partial charge on any atom is 0.475 e. The number of phosphoric acid groups is 1.